The van der Waals surface area contributed by atoms with Gasteiger partial charge in [-0.25, -0.2) is 0 Å². The molecule has 2 aromatic carbocycles. The summed E-state index contributed by atoms with van der Waals surface area (Å²) in [6.07, 6.45) is 2.99. The molecule has 0 bridgehead atoms. The van der Waals surface area contributed by atoms with Crippen LogP contribution in [0.5, 0.6) is 0 Å². The van der Waals surface area contributed by atoms with Gasteiger partial charge in [0.15, 0.2) is 0 Å². The van der Waals surface area contributed by atoms with Gasteiger partial charge in [0.2, 0.25) is 0 Å². The zero-order valence-corrected chi connectivity index (χ0v) is 9.85. The number of rotatable bonds is 1. The number of nitrogens with zero attached hydrogens (tertiary/aromatic N) is 1. The molecule has 2 heteroatoms. The molecule has 0 fully saturated rings. The highest BCUT2D eigenvalue weighted by molar-refractivity contribution is 6.14. The molecule has 86 valence electrons. The summed E-state index contributed by atoms with van der Waals surface area (Å²) in [5.74, 6) is 0. The van der Waals surface area contributed by atoms with E-state index >= 15 is 0 Å². The second kappa shape index (κ2) is 3.57. The number of hydrogen-bond donors (Lipinski definition) is 1. The molecule has 3 aromatic rings. The maximum Gasteiger partial charge on any atom is 0.0669 e. The molecule has 0 saturated carbocycles. The Morgan fingerprint density at radius 2 is 1.78 bits per heavy atom. The highest BCUT2D eigenvalue weighted by atomic mass is 14.8. The molecular formula is C16H12N2. The lowest BCUT2D eigenvalue weighted by Gasteiger charge is -1.97. The number of H-pyrrole nitrogens is 1. The highest BCUT2D eigenvalue weighted by Crippen LogP contribution is 2.30. The van der Waals surface area contributed by atoms with Crippen molar-refractivity contribution < 1.29 is 0 Å². The van der Waals surface area contributed by atoms with Crippen LogP contribution < -0.4 is 0 Å². The lowest BCUT2D eigenvalue weighted by molar-refractivity contribution is 1.39. The Morgan fingerprint density at radius 3 is 2.72 bits per heavy atom. The third-order valence-corrected chi connectivity index (χ3v) is 3.51. The molecule has 0 amide bonds. The molecular weight excluding hydrogens is 220 g/mol. The summed E-state index contributed by atoms with van der Waals surface area (Å²) >= 11 is 0. The SMILES string of the molecule is c1ccc2c(c1)CC(c1c[nH]c3ccccc13)=N2. The van der Waals surface area contributed by atoms with Crippen LogP contribution in [0, 0.1) is 0 Å². The van der Waals surface area contributed by atoms with E-state index in [-0.39, 0.29) is 0 Å². The van der Waals surface area contributed by atoms with Gasteiger partial charge in [0.1, 0.15) is 0 Å². The average molecular weight is 232 g/mol. The third-order valence-electron chi connectivity index (χ3n) is 3.51. The van der Waals surface area contributed by atoms with Crippen LogP contribution in [0.3, 0.4) is 0 Å². The van der Waals surface area contributed by atoms with E-state index in [1.54, 1.807) is 0 Å². The van der Waals surface area contributed by atoms with Gasteiger partial charge in [-0.2, -0.15) is 0 Å². The van der Waals surface area contributed by atoms with Crippen molar-refractivity contribution in [3.05, 3.63) is 65.9 Å². The predicted octanol–water partition coefficient (Wildman–Crippen LogP) is 3.84. The Morgan fingerprint density at radius 1 is 0.944 bits per heavy atom. The van der Waals surface area contributed by atoms with Gasteiger partial charge in [0.05, 0.1) is 11.4 Å². The molecule has 2 nitrogen and oxygen atoms in total. The molecule has 0 radical (unpaired) electrons. The topological polar surface area (TPSA) is 28.1 Å². The van der Waals surface area contributed by atoms with Gasteiger partial charge in [0.25, 0.3) is 0 Å². The predicted molar refractivity (Wildman–Crippen MR) is 74.6 cm³/mol. The Hall–Kier alpha value is -2.35. The normalized spacial score (nSPS) is 13.7. The van der Waals surface area contributed by atoms with Gasteiger partial charge in [-0.15, -0.1) is 0 Å². The Balaban J connectivity index is 1.87. The van der Waals surface area contributed by atoms with Crippen LogP contribution in [0.25, 0.3) is 10.9 Å². The van der Waals surface area contributed by atoms with E-state index in [9.17, 15) is 0 Å². The van der Waals surface area contributed by atoms with E-state index in [1.807, 2.05) is 12.1 Å². The molecule has 0 unspecified atom stereocenters. The van der Waals surface area contributed by atoms with E-state index in [0.717, 1.165) is 17.8 Å². The first-order valence-electron chi connectivity index (χ1n) is 6.14. The van der Waals surface area contributed by atoms with Gasteiger partial charge < -0.3 is 4.98 Å². The minimum atomic E-state index is 0.929. The maximum atomic E-state index is 4.74. The molecule has 4 rings (SSSR count). The van der Waals surface area contributed by atoms with E-state index in [1.165, 1.54) is 22.0 Å². The minimum Gasteiger partial charge on any atom is -0.360 e. The zero-order valence-electron chi connectivity index (χ0n) is 9.85. The van der Waals surface area contributed by atoms with Crippen molar-refractivity contribution in [2.45, 2.75) is 6.42 Å². The fraction of sp³-hybridized carbons (Fsp3) is 0.0625. The molecule has 2 heterocycles. The number of benzene rings is 2. The lowest BCUT2D eigenvalue weighted by atomic mass is 10.0. The molecule has 0 saturated heterocycles. The summed E-state index contributed by atoms with van der Waals surface area (Å²) in [5.41, 5.74) is 5.98. The van der Waals surface area contributed by atoms with Crippen molar-refractivity contribution >= 4 is 22.3 Å². The quantitative estimate of drug-likeness (QED) is 0.660. The fourth-order valence-corrected chi connectivity index (χ4v) is 2.60. The number of aliphatic imine (C=N–C) groups is 1. The molecule has 0 aliphatic carbocycles. The standard InChI is InChI=1S/C16H12N2/c1-3-7-14-11(5-1)9-16(18-14)13-10-17-15-8-4-2-6-12(13)15/h1-8,10,17H,9H2. The van der Waals surface area contributed by atoms with Crippen molar-refractivity contribution in [1.29, 1.82) is 0 Å². The van der Waals surface area contributed by atoms with Gasteiger partial charge >= 0.3 is 0 Å². The van der Waals surface area contributed by atoms with Crippen LogP contribution in [0.2, 0.25) is 0 Å². The van der Waals surface area contributed by atoms with Crippen molar-refractivity contribution in [2.24, 2.45) is 4.99 Å². The Kier molecular flexibility index (Phi) is 1.92. The van der Waals surface area contributed by atoms with Crippen LogP contribution in [-0.2, 0) is 6.42 Å². The average Bonchev–Trinajstić information content (AvgIpc) is 3.02. The summed E-state index contributed by atoms with van der Waals surface area (Å²) in [6, 6.07) is 16.7. The second-order valence-electron chi connectivity index (χ2n) is 4.61. The summed E-state index contributed by atoms with van der Waals surface area (Å²) < 4.78 is 0. The van der Waals surface area contributed by atoms with E-state index < -0.39 is 0 Å². The number of nitrogens with one attached hydrogen (secondary N) is 1. The van der Waals surface area contributed by atoms with Crippen LogP contribution >= 0.6 is 0 Å². The summed E-state index contributed by atoms with van der Waals surface area (Å²) in [5, 5.41) is 1.25. The summed E-state index contributed by atoms with van der Waals surface area (Å²) in [4.78, 5) is 8.05. The molecule has 1 aromatic heterocycles. The van der Waals surface area contributed by atoms with Crippen molar-refractivity contribution in [3.8, 4) is 0 Å². The van der Waals surface area contributed by atoms with Crippen LogP contribution in [0.4, 0.5) is 5.69 Å². The number of aromatic nitrogens is 1. The van der Waals surface area contributed by atoms with Gasteiger partial charge in [-0.05, 0) is 17.7 Å². The first-order chi connectivity index (χ1) is 8.92. The molecule has 0 atom stereocenters. The third kappa shape index (κ3) is 1.32. The van der Waals surface area contributed by atoms with Crippen molar-refractivity contribution in [3.63, 3.8) is 0 Å². The molecule has 1 aliphatic heterocycles. The smallest absolute Gasteiger partial charge is 0.0669 e. The fourth-order valence-electron chi connectivity index (χ4n) is 2.60. The van der Waals surface area contributed by atoms with E-state index in [0.29, 0.717) is 0 Å². The molecule has 0 spiro atoms. The molecule has 18 heavy (non-hydrogen) atoms. The molecule has 1 N–H and O–H groups in total. The highest BCUT2D eigenvalue weighted by Gasteiger charge is 2.17. The Labute approximate surface area is 105 Å². The number of aromatic amines is 1. The first-order valence-corrected chi connectivity index (χ1v) is 6.14. The number of para-hydroxylation sites is 2. The van der Waals surface area contributed by atoms with Crippen LogP contribution in [0.1, 0.15) is 11.1 Å². The first kappa shape index (κ1) is 9.66. The van der Waals surface area contributed by atoms with Gasteiger partial charge in [-0.3, -0.25) is 4.99 Å². The zero-order chi connectivity index (χ0) is 11.9. The monoisotopic (exact) mass is 232 g/mol. The lowest BCUT2D eigenvalue weighted by Crippen LogP contribution is -1.98. The minimum absolute atomic E-state index is 0.929. The second-order valence-corrected chi connectivity index (χ2v) is 4.61. The largest absolute Gasteiger partial charge is 0.360 e. The summed E-state index contributed by atoms with van der Waals surface area (Å²) in [6.45, 7) is 0. The van der Waals surface area contributed by atoms with Crippen molar-refractivity contribution in [1.82, 2.24) is 4.98 Å². The Bertz CT molecular complexity index is 765. The maximum absolute atomic E-state index is 4.74. The van der Waals surface area contributed by atoms with Crippen LogP contribution in [0.15, 0.2) is 59.7 Å². The summed E-state index contributed by atoms with van der Waals surface area (Å²) in [7, 11) is 0. The van der Waals surface area contributed by atoms with Gasteiger partial charge in [-0.1, -0.05) is 36.4 Å². The van der Waals surface area contributed by atoms with Gasteiger partial charge in [0, 0.05) is 29.1 Å². The number of fused-ring (bicyclic) bond motifs is 2. The molecule has 1 aliphatic rings. The van der Waals surface area contributed by atoms with Crippen molar-refractivity contribution in [2.75, 3.05) is 0 Å². The van der Waals surface area contributed by atoms with E-state index in [4.69, 9.17) is 4.99 Å². The van der Waals surface area contributed by atoms with E-state index in [2.05, 4.69) is 47.6 Å². The number of hydrogen-bond acceptors (Lipinski definition) is 1. The van der Waals surface area contributed by atoms with Crippen LogP contribution in [-0.4, -0.2) is 10.7 Å².